The Balaban J connectivity index is 1.36. The van der Waals surface area contributed by atoms with Gasteiger partial charge in [0.15, 0.2) is 5.79 Å². The van der Waals surface area contributed by atoms with Crippen LogP contribution in [0.2, 0.25) is 0 Å². The molecular formula is C35H46N4O8. The summed E-state index contributed by atoms with van der Waals surface area (Å²) < 4.78 is 23.4. The van der Waals surface area contributed by atoms with Crippen LogP contribution in [0.1, 0.15) is 52.7 Å². The van der Waals surface area contributed by atoms with Crippen molar-refractivity contribution in [2.45, 2.75) is 96.9 Å². The SMILES string of the molecule is CC(C)[C@H](NC(=O)OCc1ccccc1)C(=O)N(C(=O)OCc1ccccc1)[C@H](C(=O)N1C[C@H]1[C@H]1OC(C)(C)O[C@@H]1[C@@H]1CN1)C(C)C. The molecular weight excluding hydrogens is 604 g/mol. The summed E-state index contributed by atoms with van der Waals surface area (Å²) in [6, 6.07) is 15.7. The topological polar surface area (TPSA) is 145 Å². The molecule has 0 radical (unpaired) electrons. The molecule has 0 saturated carbocycles. The highest BCUT2D eigenvalue weighted by Gasteiger charge is 2.59. The number of nitrogens with one attached hydrogen (secondary N) is 2. The predicted molar refractivity (Wildman–Crippen MR) is 172 cm³/mol. The standard InChI is InChI=1S/C35H46N4O8/c1-21(2)27(37-33(42)44-19-23-13-9-7-10-14-23)31(40)39(34(43)45-20-24-15-11-8-12-16-24)28(22(3)4)32(41)38-18-26(38)30-29(25-17-36-25)46-35(5,6)47-30/h7-16,21-22,25-30,36H,17-20H2,1-6H3,(H,37,42)/t25-,26-,27-,28-,29+,30+,38?/m0/s1. The molecule has 0 spiro atoms. The molecule has 0 bridgehead atoms. The minimum Gasteiger partial charge on any atom is -0.445 e. The van der Waals surface area contributed by atoms with Gasteiger partial charge in [-0.15, -0.1) is 0 Å². The number of nitrogens with zero attached hydrogens (tertiary/aromatic N) is 2. The Labute approximate surface area is 276 Å². The summed E-state index contributed by atoms with van der Waals surface area (Å²) in [6.45, 7) is 11.8. The van der Waals surface area contributed by atoms with Crippen molar-refractivity contribution < 1.29 is 38.1 Å². The van der Waals surface area contributed by atoms with Crippen molar-refractivity contribution in [3.05, 3.63) is 71.8 Å². The summed E-state index contributed by atoms with van der Waals surface area (Å²) in [5.74, 6) is -2.90. The van der Waals surface area contributed by atoms with Crippen LogP contribution in [0.5, 0.6) is 0 Å². The van der Waals surface area contributed by atoms with Gasteiger partial charge in [-0.25, -0.2) is 14.5 Å². The van der Waals surface area contributed by atoms with E-state index in [2.05, 4.69) is 10.6 Å². The molecule has 12 heteroatoms. The molecule has 0 aromatic heterocycles. The lowest BCUT2D eigenvalue weighted by molar-refractivity contribution is -0.149. The molecule has 0 unspecified atom stereocenters. The Hall–Kier alpha value is -4.00. The third kappa shape index (κ3) is 8.48. The average Bonchev–Trinajstić information content (AvgIpc) is 3.97. The van der Waals surface area contributed by atoms with E-state index in [1.807, 2.05) is 62.4 Å². The molecule has 3 fully saturated rings. The van der Waals surface area contributed by atoms with Gasteiger partial charge in [-0.05, 0) is 36.8 Å². The van der Waals surface area contributed by atoms with E-state index in [9.17, 15) is 19.2 Å². The summed E-state index contributed by atoms with van der Waals surface area (Å²) in [4.78, 5) is 57.9. The minimum absolute atomic E-state index is 0.000900. The Kier molecular flexibility index (Phi) is 10.5. The first kappa shape index (κ1) is 34.3. The molecule has 3 aliphatic rings. The summed E-state index contributed by atoms with van der Waals surface area (Å²) in [7, 11) is 0. The highest BCUT2D eigenvalue weighted by atomic mass is 16.8. The molecule has 6 atom stereocenters. The van der Waals surface area contributed by atoms with Crippen LogP contribution in [0.25, 0.3) is 0 Å². The maximum absolute atomic E-state index is 14.3. The number of rotatable bonds is 12. The fourth-order valence-corrected chi connectivity index (χ4v) is 5.96. The Morgan fingerprint density at radius 2 is 1.45 bits per heavy atom. The fraction of sp³-hybridized carbons (Fsp3) is 0.543. The van der Waals surface area contributed by atoms with E-state index in [1.165, 1.54) is 0 Å². The summed E-state index contributed by atoms with van der Waals surface area (Å²) in [5, 5.41) is 5.91. The smallest absolute Gasteiger partial charge is 0.417 e. The second-order valence-corrected chi connectivity index (χ2v) is 13.5. The molecule has 254 valence electrons. The molecule has 0 aliphatic carbocycles. The van der Waals surface area contributed by atoms with Crippen LogP contribution in [-0.2, 0) is 41.8 Å². The lowest BCUT2D eigenvalue weighted by Gasteiger charge is -2.35. The van der Waals surface area contributed by atoms with E-state index in [-0.39, 0.29) is 37.5 Å². The second kappa shape index (κ2) is 14.4. The maximum atomic E-state index is 14.3. The number of hydrogen-bond donors (Lipinski definition) is 2. The number of carbonyl (C=O) groups excluding carboxylic acids is 4. The third-order valence-corrected chi connectivity index (χ3v) is 8.53. The number of ether oxygens (including phenoxy) is 4. The van der Waals surface area contributed by atoms with Gasteiger partial charge in [-0.3, -0.25) is 9.59 Å². The summed E-state index contributed by atoms with van der Waals surface area (Å²) in [6.07, 6.45) is -2.38. The maximum Gasteiger partial charge on any atom is 0.417 e. The first-order valence-corrected chi connectivity index (χ1v) is 16.3. The summed E-state index contributed by atoms with van der Waals surface area (Å²) in [5.41, 5.74) is 1.50. The molecule has 2 aromatic carbocycles. The zero-order valence-corrected chi connectivity index (χ0v) is 27.9. The van der Waals surface area contributed by atoms with Crippen LogP contribution in [0.3, 0.4) is 0 Å². The average molecular weight is 651 g/mol. The zero-order chi connectivity index (χ0) is 33.9. The predicted octanol–water partition coefficient (Wildman–Crippen LogP) is 3.83. The first-order chi connectivity index (χ1) is 22.4. The van der Waals surface area contributed by atoms with Gasteiger partial charge in [-0.2, -0.15) is 0 Å². The van der Waals surface area contributed by atoms with Crippen LogP contribution < -0.4 is 10.6 Å². The van der Waals surface area contributed by atoms with E-state index >= 15 is 0 Å². The molecule has 47 heavy (non-hydrogen) atoms. The van der Waals surface area contributed by atoms with Crippen LogP contribution in [-0.4, -0.2) is 89.1 Å². The van der Waals surface area contributed by atoms with Gasteiger partial charge in [0.25, 0.3) is 5.91 Å². The molecule has 12 nitrogen and oxygen atoms in total. The van der Waals surface area contributed by atoms with Gasteiger partial charge in [-0.1, -0.05) is 88.4 Å². The fourth-order valence-electron chi connectivity index (χ4n) is 5.96. The van der Waals surface area contributed by atoms with Gasteiger partial charge in [0.1, 0.15) is 37.5 Å². The number of alkyl carbamates (subject to hydrolysis) is 1. The summed E-state index contributed by atoms with van der Waals surface area (Å²) >= 11 is 0. The van der Waals surface area contributed by atoms with Crippen molar-refractivity contribution in [2.24, 2.45) is 11.8 Å². The first-order valence-electron chi connectivity index (χ1n) is 16.3. The van der Waals surface area contributed by atoms with Gasteiger partial charge in [0.2, 0.25) is 5.91 Å². The molecule has 2 N–H and O–H groups in total. The quantitative estimate of drug-likeness (QED) is 0.328. The number of imide groups is 1. The largest absolute Gasteiger partial charge is 0.445 e. The van der Waals surface area contributed by atoms with Crippen molar-refractivity contribution in [1.29, 1.82) is 0 Å². The van der Waals surface area contributed by atoms with Crippen LogP contribution >= 0.6 is 0 Å². The van der Waals surface area contributed by atoms with Gasteiger partial charge in [0.05, 0.1) is 6.04 Å². The zero-order valence-electron chi connectivity index (χ0n) is 27.9. The van der Waals surface area contributed by atoms with Crippen LogP contribution in [0, 0.1) is 11.8 Å². The van der Waals surface area contributed by atoms with Crippen molar-refractivity contribution in [1.82, 2.24) is 20.4 Å². The Bertz CT molecular complexity index is 1420. The highest BCUT2D eigenvalue weighted by Crippen LogP contribution is 2.40. The minimum atomic E-state index is -1.20. The lowest BCUT2D eigenvalue weighted by Crippen LogP contribution is -2.60. The van der Waals surface area contributed by atoms with Crippen molar-refractivity contribution in [3.63, 3.8) is 0 Å². The molecule has 5 rings (SSSR count). The van der Waals surface area contributed by atoms with Crippen molar-refractivity contribution >= 4 is 24.0 Å². The monoisotopic (exact) mass is 650 g/mol. The van der Waals surface area contributed by atoms with E-state index in [4.69, 9.17) is 18.9 Å². The third-order valence-electron chi connectivity index (χ3n) is 8.53. The van der Waals surface area contributed by atoms with E-state index in [1.54, 1.807) is 44.7 Å². The molecule has 3 saturated heterocycles. The van der Waals surface area contributed by atoms with Crippen LogP contribution in [0.15, 0.2) is 60.7 Å². The van der Waals surface area contributed by atoms with Gasteiger partial charge >= 0.3 is 12.2 Å². The van der Waals surface area contributed by atoms with E-state index in [0.717, 1.165) is 22.6 Å². The van der Waals surface area contributed by atoms with Crippen molar-refractivity contribution in [3.8, 4) is 0 Å². The number of hydrogen-bond acceptors (Lipinski definition) is 9. The van der Waals surface area contributed by atoms with Crippen molar-refractivity contribution in [2.75, 3.05) is 13.1 Å². The molecule has 3 aliphatic heterocycles. The number of benzene rings is 2. The normalized spacial score (nSPS) is 24.0. The highest BCUT2D eigenvalue weighted by molar-refractivity contribution is 6.01. The molecule has 4 amide bonds. The Morgan fingerprint density at radius 3 is 1.98 bits per heavy atom. The number of amides is 4. The van der Waals surface area contributed by atoms with Gasteiger partial charge < -0.3 is 34.5 Å². The Morgan fingerprint density at radius 1 is 0.894 bits per heavy atom. The molecule has 2 aromatic rings. The number of carbonyl (C=O) groups is 4. The van der Waals surface area contributed by atoms with E-state index < -0.39 is 53.7 Å². The van der Waals surface area contributed by atoms with E-state index in [0.29, 0.717) is 6.54 Å². The van der Waals surface area contributed by atoms with Crippen LogP contribution in [0.4, 0.5) is 9.59 Å². The molecule has 3 heterocycles. The van der Waals surface area contributed by atoms with Gasteiger partial charge in [0, 0.05) is 19.1 Å². The second-order valence-electron chi connectivity index (χ2n) is 13.5. The lowest BCUT2D eigenvalue weighted by atomic mass is 9.97.